The van der Waals surface area contributed by atoms with Crippen molar-refractivity contribution < 1.29 is 19.1 Å². The molecule has 6 heteroatoms. The maximum Gasteiger partial charge on any atom is 0.255 e. The van der Waals surface area contributed by atoms with Crippen molar-refractivity contribution in [1.29, 1.82) is 0 Å². The summed E-state index contributed by atoms with van der Waals surface area (Å²) >= 11 is 0. The number of nitrogens with zero attached hydrogens (tertiary/aromatic N) is 1. The Morgan fingerprint density at radius 1 is 1.29 bits per heavy atom. The number of carbonyl (C=O) groups is 3. The maximum absolute atomic E-state index is 12.5. The minimum atomic E-state index is -1.06. The van der Waals surface area contributed by atoms with Gasteiger partial charge in [-0.25, -0.2) is 0 Å². The van der Waals surface area contributed by atoms with Crippen LogP contribution < -0.4 is 5.32 Å². The third-order valence-electron chi connectivity index (χ3n) is 3.54. The van der Waals surface area contributed by atoms with E-state index < -0.39 is 17.4 Å². The molecule has 2 rings (SSSR count). The first-order valence-corrected chi connectivity index (χ1v) is 6.60. The highest BCUT2D eigenvalue weighted by atomic mass is 16.5. The maximum atomic E-state index is 12.5. The molecule has 21 heavy (non-hydrogen) atoms. The van der Waals surface area contributed by atoms with Crippen LogP contribution in [0, 0.1) is 0 Å². The molecule has 1 fully saturated rings. The van der Waals surface area contributed by atoms with E-state index in [1.54, 1.807) is 45.2 Å². The zero-order valence-corrected chi connectivity index (χ0v) is 12.3. The molecule has 1 N–H and O–H groups in total. The average molecular weight is 290 g/mol. The van der Waals surface area contributed by atoms with E-state index in [1.165, 1.54) is 4.90 Å². The fourth-order valence-corrected chi connectivity index (χ4v) is 2.17. The monoisotopic (exact) mass is 290 g/mol. The van der Waals surface area contributed by atoms with Crippen LogP contribution in [-0.4, -0.2) is 41.8 Å². The number of imide groups is 1. The molecule has 1 aromatic rings. The molecule has 0 spiro atoms. The van der Waals surface area contributed by atoms with Crippen molar-refractivity contribution in [1.82, 2.24) is 10.2 Å². The van der Waals surface area contributed by atoms with Gasteiger partial charge < -0.3 is 9.64 Å². The quantitative estimate of drug-likeness (QED) is 0.832. The molecular formula is C15H18N2O4. The molecule has 112 valence electrons. The summed E-state index contributed by atoms with van der Waals surface area (Å²) in [4.78, 5) is 37.2. The van der Waals surface area contributed by atoms with Gasteiger partial charge in [0.1, 0.15) is 12.1 Å². The predicted octanol–water partition coefficient (Wildman–Crippen LogP) is 0.710. The van der Waals surface area contributed by atoms with E-state index in [-0.39, 0.29) is 12.5 Å². The first-order chi connectivity index (χ1) is 9.86. The highest BCUT2D eigenvalue weighted by molar-refractivity contribution is 6.08. The van der Waals surface area contributed by atoms with E-state index in [1.807, 2.05) is 0 Å². The van der Waals surface area contributed by atoms with Crippen molar-refractivity contribution in [3.05, 3.63) is 35.4 Å². The second-order valence-electron chi connectivity index (χ2n) is 5.46. The molecule has 0 bridgehead atoms. The fraction of sp³-hybridized carbons (Fsp3) is 0.400. The molecular weight excluding hydrogens is 272 g/mol. The Bertz CT molecular complexity index is 578. The summed E-state index contributed by atoms with van der Waals surface area (Å²) in [7, 11) is 1.60. The molecule has 0 saturated carbocycles. The lowest BCUT2D eigenvalue weighted by atomic mass is 9.97. The van der Waals surface area contributed by atoms with Crippen LogP contribution in [-0.2, 0) is 20.9 Å². The molecule has 1 aliphatic heterocycles. The number of nitrogens with one attached hydrogen (secondary N) is 1. The number of hydrogen-bond acceptors (Lipinski definition) is 4. The lowest BCUT2D eigenvalue weighted by Gasteiger charge is -2.40. The van der Waals surface area contributed by atoms with E-state index in [4.69, 9.17) is 4.74 Å². The van der Waals surface area contributed by atoms with Crippen molar-refractivity contribution in [2.75, 3.05) is 13.7 Å². The lowest BCUT2D eigenvalue weighted by molar-refractivity contribution is -0.143. The Morgan fingerprint density at radius 2 is 1.90 bits per heavy atom. The van der Waals surface area contributed by atoms with Crippen LogP contribution in [0.5, 0.6) is 0 Å². The van der Waals surface area contributed by atoms with Crippen LogP contribution in [0.2, 0.25) is 0 Å². The summed E-state index contributed by atoms with van der Waals surface area (Å²) in [6.07, 6.45) is 0. The first kappa shape index (κ1) is 15.2. The Labute approximate surface area is 123 Å². The van der Waals surface area contributed by atoms with Crippen molar-refractivity contribution in [3.63, 3.8) is 0 Å². The SMILES string of the molecule is COCc1ccc(C(=O)N2CC(=O)NC(=O)C2(C)C)cc1. The number of ether oxygens (including phenoxy) is 1. The van der Waals surface area contributed by atoms with Crippen molar-refractivity contribution >= 4 is 17.7 Å². The second kappa shape index (κ2) is 5.65. The van der Waals surface area contributed by atoms with Gasteiger partial charge in [-0.15, -0.1) is 0 Å². The number of hydrogen-bond donors (Lipinski definition) is 1. The Hall–Kier alpha value is -2.21. The molecule has 1 aliphatic rings. The number of rotatable bonds is 3. The fourth-order valence-electron chi connectivity index (χ4n) is 2.17. The molecule has 0 atom stereocenters. The van der Waals surface area contributed by atoms with Crippen LogP contribution in [0.15, 0.2) is 24.3 Å². The number of piperazine rings is 1. The highest BCUT2D eigenvalue weighted by Crippen LogP contribution is 2.21. The van der Waals surface area contributed by atoms with E-state index in [9.17, 15) is 14.4 Å². The smallest absolute Gasteiger partial charge is 0.255 e. The van der Waals surface area contributed by atoms with E-state index >= 15 is 0 Å². The third kappa shape index (κ3) is 2.95. The summed E-state index contributed by atoms with van der Waals surface area (Å²) in [6.45, 7) is 3.57. The topological polar surface area (TPSA) is 75.7 Å². The standard InChI is InChI=1S/C15H18N2O4/c1-15(2)14(20)16-12(18)8-17(15)13(19)11-6-4-10(5-7-11)9-21-3/h4-7H,8-9H2,1-3H3,(H,16,18,20). The van der Waals surface area contributed by atoms with Gasteiger partial charge in [0, 0.05) is 12.7 Å². The number of amides is 3. The van der Waals surface area contributed by atoms with Crippen LogP contribution in [0.1, 0.15) is 29.8 Å². The molecule has 0 aromatic heterocycles. The van der Waals surface area contributed by atoms with Crippen LogP contribution in [0.3, 0.4) is 0 Å². The number of carbonyl (C=O) groups excluding carboxylic acids is 3. The molecule has 6 nitrogen and oxygen atoms in total. The second-order valence-corrected chi connectivity index (χ2v) is 5.46. The van der Waals surface area contributed by atoms with Crippen molar-refractivity contribution in [3.8, 4) is 0 Å². The van der Waals surface area contributed by atoms with Gasteiger partial charge in [-0.1, -0.05) is 12.1 Å². The molecule has 3 amide bonds. The molecule has 1 heterocycles. The Balaban J connectivity index is 2.25. The van der Waals surface area contributed by atoms with Crippen molar-refractivity contribution in [2.24, 2.45) is 0 Å². The third-order valence-corrected chi connectivity index (χ3v) is 3.54. The first-order valence-electron chi connectivity index (χ1n) is 6.60. The minimum absolute atomic E-state index is 0.128. The zero-order valence-electron chi connectivity index (χ0n) is 12.3. The van der Waals surface area contributed by atoms with Gasteiger partial charge in [0.05, 0.1) is 6.61 Å². The number of methoxy groups -OCH3 is 1. The van der Waals surface area contributed by atoms with Gasteiger partial charge in [-0.3, -0.25) is 19.7 Å². The molecule has 0 radical (unpaired) electrons. The zero-order chi connectivity index (χ0) is 15.6. The Morgan fingerprint density at radius 3 is 2.48 bits per heavy atom. The molecule has 1 saturated heterocycles. The van der Waals surface area contributed by atoms with Crippen LogP contribution >= 0.6 is 0 Å². The number of benzene rings is 1. The van der Waals surface area contributed by atoms with Gasteiger partial charge in [-0.05, 0) is 31.5 Å². The van der Waals surface area contributed by atoms with Gasteiger partial charge in [-0.2, -0.15) is 0 Å². The lowest BCUT2D eigenvalue weighted by Crippen LogP contribution is -2.65. The van der Waals surface area contributed by atoms with E-state index in [0.717, 1.165) is 5.56 Å². The molecule has 1 aromatic carbocycles. The minimum Gasteiger partial charge on any atom is -0.380 e. The summed E-state index contributed by atoms with van der Waals surface area (Å²) in [5, 5.41) is 2.24. The van der Waals surface area contributed by atoms with Gasteiger partial charge in [0.25, 0.3) is 11.8 Å². The van der Waals surface area contributed by atoms with Crippen LogP contribution in [0.25, 0.3) is 0 Å². The summed E-state index contributed by atoms with van der Waals surface area (Å²) in [5.41, 5.74) is 0.321. The van der Waals surface area contributed by atoms with Crippen molar-refractivity contribution in [2.45, 2.75) is 26.0 Å². The largest absolute Gasteiger partial charge is 0.380 e. The van der Waals surface area contributed by atoms with E-state index in [2.05, 4.69) is 5.32 Å². The summed E-state index contributed by atoms with van der Waals surface area (Å²) in [6, 6.07) is 6.92. The Kier molecular flexibility index (Phi) is 4.09. The molecule has 0 aliphatic carbocycles. The normalized spacial score (nSPS) is 17.6. The van der Waals surface area contributed by atoms with E-state index in [0.29, 0.717) is 12.2 Å². The average Bonchev–Trinajstić information content (AvgIpc) is 2.44. The van der Waals surface area contributed by atoms with Crippen LogP contribution in [0.4, 0.5) is 0 Å². The highest BCUT2D eigenvalue weighted by Gasteiger charge is 2.43. The van der Waals surface area contributed by atoms with Gasteiger partial charge >= 0.3 is 0 Å². The summed E-state index contributed by atoms with van der Waals surface area (Å²) in [5.74, 6) is -1.28. The predicted molar refractivity (Wildman–Crippen MR) is 75.4 cm³/mol. The van der Waals surface area contributed by atoms with Gasteiger partial charge in [0.2, 0.25) is 5.91 Å². The molecule has 0 unspecified atom stereocenters. The summed E-state index contributed by atoms with van der Waals surface area (Å²) < 4.78 is 5.01. The van der Waals surface area contributed by atoms with Gasteiger partial charge in [0.15, 0.2) is 0 Å².